The number of nitro groups is 1. The van der Waals surface area contributed by atoms with Gasteiger partial charge >= 0.3 is 0 Å². The van der Waals surface area contributed by atoms with Crippen molar-refractivity contribution in [1.29, 1.82) is 0 Å². The van der Waals surface area contributed by atoms with Crippen molar-refractivity contribution in [3.63, 3.8) is 0 Å². The largest absolute Gasteiger partial charge is 0.393 e. The molecule has 0 aromatic heterocycles. The number of nitrogens with zero attached hydrogens (tertiary/aromatic N) is 2. The Bertz CT molecular complexity index is 864. The minimum absolute atomic E-state index is 0.0554. The van der Waals surface area contributed by atoms with Gasteiger partial charge in [0.05, 0.1) is 15.9 Å². The van der Waals surface area contributed by atoms with Crippen LogP contribution in [0.2, 0.25) is 0 Å². The van der Waals surface area contributed by atoms with E-state index in [1.165, 1.54) is 6.07 Å². The van der Waals surface area contributed by atoms with Gasteiger partial charge in [-0.2, -0.15) is 0 Å². The molecular formula is C19H29F2N3O5S. The number of hydrogen-bond acceptors (Lipinski definition) is 6. The highest BCUT2D eigenvalue weighted by Gasteiger charge is 2.30. The standard InChI is InChI=1S/C19H29F2N3O5S/c1-13-11-16(23-9-5-15(6-10-23)14(2)25)17(24(26)27)12-18(13)30(28,29)22-8-4-7-19(3,20)21/h11-12,14-15,22,25H,4-10H2,1-3H3. The van der Waals surface area contributed by atoms with Crippen LogP contribution in [-0.2, 0) is 10.0 Å². The summed E-state index contributed by atoms with van der Waals surface area (Å²) < 4.78 is 53.2. The van der Waals surface area contributed by atoms with Crippen LogP contribution in [0.15, 0.2) is 17.0 Å². The van der Waals surface area contributed by atoms with Gasteiger partial charge in [0.25, 0.3) is 5.69 Å². The average molecular weight is 450 g/mol. The van der Waals surface area contributed by atoms with Gasteiger partial charge in [-0.1, -0.05) is 0 Å². The Labute approximate surface area is 175 Å². The average Bonchev–Trinajstić information content (AvgIpc) is 2.64. The monoisotopic (exact) mass is 449 g/mol. The fourth-order valence-electron chi connectivity index (χ4n) is 3.66. The van der Waals surface area contributed by atoms with E-state index in [9.17, 15) is 32.4 Å². The highest BCUT2D eigenvalue weighted by atomic mass is 32.2. The number of alkyl halides is 2. The third kappa shape index (κ3) is 6.32. The number of aliphatic hydroxyl groups is 1. The fraction of sp³-hybridized carbons (Fsp3) is 0.684. The molecule has 8 nitrogen and oxygen atoms in total. The lowest BCUT2D eigenvalue weighted by Crippen LogP contribution is -2.37. The molecule has 30 heavy (non-hydrogen) atoms. The molecule has 0 aliphatic carbocycles. The van der Waals surface area contributed by atoms with Gasteiger partial charge in [-0.15, -0.1) is 0 Å². The van der Waals surface area contributed by atoms with E-state index in [1.54, 1.807) is 13.8 Å². The molecule has 11 heteroatoms. The summed E-state index contributed by atoms with van der Waals surface area (Å²) >= 11 is 0. The smallest absolute Gasteiger partial charge is 0.293 e. The molecule has 2 N–H and O–H groups in total. The molecule has 1 heterocycles. The van der Waals surface area contributed by atoms with Gasteiger partial charge in [-0.3, -0.25) is 10.1 Å². The number of rotatable bonds is 9. The molecule has 170 valence electrons. The first-order chi connectivity index (χ1) is 13.8. The minimum Gasteiger partial charge on any atom is -0.393 e. The molecule has 0 spiro atoms. The first-order valence-corrected chi connectivity index (χ1v) is 11.4. The first-order valence-electron chi connectivity index (χ1n) is 9.91. The van der Waals surface area contributed by atoms with E-state index in [1.807, 2.05) is 4.90 Å². The highest BCUT2D eigenvalue weighted by molar-refractivity contribution is 7.89. The van der Waals surface area contributed by atoms with E-state index in [-0.39, 0.29) is 29.5 Å². The first kappa shape index (κ1) is 24.4. The van der Waals surface area contributed by atoms with Crippen LogP contribution in [0.5, 0.6) is 0 Å². The van der Waals surface area contributed by atoms with Gasteiger partial charge in [0.1, 0.15) is 5.69 Å². The molecule has 1 aromatic rings. The van der Waals surface area contributed by atoms with Crippen molar-refractivity contribution < 1.29 is 27.2 Å². The Morgan fingerprint density at radius 2 is 1.97 bits per heavy atom. The van der Waals surface area contributed by atoms with Crippen LogP contribution in [0.4, 0.5) is 20.2 Å². The number of anilines is 1. The zero-order chi connectivity index (χ0) is 22.7. The van der Waals surface area contributed by atoms with Crippen molar-refractivity contribution in [2.45, 2.75) is 63.4 Å². The van der Waals surface area contributed by atoms with Crippen molar-refractivity contribution in [3.05, 3.63) is 27.8 Å². The number of nitrogens with one attached hydrogen (secondary N) is 1. The number of sulfonamides is 1. The zero-order valence-corrected chi connectivity index (χ0v) is 18.2. The van der Waals surface area contributed by atoms with Gasteiger partial charge in [0, 0.05) is 32.1 Å². The maximum absolute atomic E-state index is 12.9. The molecule has 0 bridgehead atoms. The number of benzene rings is 1. The van der Waals surface area contributed by atoms with Crippen LogP contribution in [0.3, 0.4) is 0 Å². The van der Waals surface area contributed by atoms with Crippen molar-refractivity contribution >= 4 is 21.4 Å². The van der Waals surface area contributed by atoms with E-state index in [0.29, 0.717) is 37.2 Å². The molecule has 1 aromatic carbocycles. The Morgan fingerprint density at radius 3 is 2.47 bits per heavy atom. The lowest BCUT2D eigenvalue weighted by Gasteiger charge is -2.34. The Kier molecular flexibility index (Phi) is 7.75. The van der Waals surface area contributed by atoms with Crippen molar-refractivity contribution in [2.75, 3.05) is 24.5 Å². The topological polar surface area (TPSA) is 113 Å². The van der Waals surface area contributed by atoms with E-state index < -0.39 is 33.4 Å². The summed E-state index contributed by atoms with van der Waals surface area (Å²) in [4.78, 5) is 12.6. The molecule has 1 saturated heterocycles. The third-order valence-electron chi connectivity index (χ3n) is 5.41. The second-order valence-corrected chi connectivity index (χ2v) is 9.74. The molecular weight excluding hydrogens is 420 g/mol. The lowest BCUT2D eigenvalue weighted by molar-refractivity contribution is -0.384. The number of aryl methyl sites for hydroxylation is 1. The van der Waals surface area contributed by atoms with E-state index >= 15 is 0 Å². The summed E-state index contributed by atoms with van der Waals surface area (Å²) in [6.45, 7) is 4.88. The van der Waals surface area contributed by atoms with E-state index in [4.69, 9.17) is 0 Å². The summed E-state index contributed by atoms with van der Waals surface area (Å²) in [5.74, 6) is -2.76. The summed E-state index contributed by atoms with van der Waals surface area (Å²) in [6, 6.07) is 2.51. The van der Waals surface area contributed by atoms with E-state index in [0.717, 1.165) is 13.0 Å². The summed E-state index contributed by atoms with van der Waals surface area (Å²) in [5, 5.41) is 21.4. The van der Waals surface area contributed by atoms with Crippen molar-refractivity contribution in [1.82, 2.24) is 4.72 Å². The number of halogens is 2. The van der Waals surface area contributed by atoms with Crippen LogP contribution in [0.1, 0.15) is 45.1 Å². The van der Waals surface area contributed by atoms with Crippen molar-refractivity contribution in [2.24, 2.45) is 5.92 Å². The van der Waals surface area contributed by atoms with Crippen LogP contribution in [0, 0.1) is 23.0 Å². The molecule has 0 radical (unpaired) electrons. The van der Waals surface area contributed by atoms with Crippen LogP contribution >= 0.6 is 0 Å². The quantitative estimate of drug-likeness (QED) is 0.340. The zero-order valence-electron chi connectivity index (χ0n) is 17.4. The second kappa shape index (κ2) is 9.52. The molecule has 1 unspecified atom stereocenters. The minimum atomic E-state index is -4.08. The van der Waals surface area contributed by atoms with Gasteiger partial charge in [-0.05, 0) is 57.6 Å². The molecule has 0 amide bonds. The molecule has 0 saturated carbocycles. The van der Waals surface area contributed by atoms with Gasteiger partial charge in [0.2, 0.25) is 15.9 Å². The summed E-state index contributed by atoms with van der Waals surface area (Å²) in [7, 11) is -4.08. The van der Waals surface area contributed by atoms with Crippen LogP contribution in [0.25, 0.3) is 0 Å². The predicted molar refractivity (Wildman–Crippen MR) is 109 cm³/mol. The predicted octanol–water partition coefficient (Wildman–Crippen LogP) is 3.21. The molecule has 1 fully saturated rings. The SMILES string of the molecule is Cc1cc(N2CCC(C(C)O)CC2)c([N+](=O)[O-])cc1S(=O)(=O)NCCCC(C)(F)F. The Morgan fingerprint density at radius 1 is 1.37 bits per heavy atom. The van der Waals surface area contributed by atoms with Crippen molar-refractivity contribution in [3.8, 4) is 0 Å². The Balaban J connectivity index is 2.23. The van der Waals surface area contributed by atoms with E-state index in [2.05, 4.69) is 4.72 Å². The number of piperidine rings is 1. The number of nitro benzene ring substituents is 1. The number of hydrogen-bond donors (Lipinski definition) is 2. The maximum Gasteiger partial charge on any atom is 0.293 e. The Hall–Kier alpha value is -1.85. The summed E-state index contributed by atoms with van der Waals surface area (Å²) in [5.41, 5.74) is 0.351. The highest BCUT2D eigenvalue weighted by Crippen LogP contribution is 2.36. The second-order valence-electron chi connectivity index (χ2n) is 8.00. The van der Waals surface area contributed by atoms with Gasteiger partial charge in [0.15, 0.2) is 0 Å². The molecule has 2 rings (SSSR count). The van der Waals surface area contributed by atoms with Crippen LogP contribution in [-0.4, -0.2) is 50.1 Å². The molecule has 1 atom stereocenters. The molecule has 1 aliphatic heterocycles. The maximum atomic E-state index is 12.9. The fourth-order valence-corrected chi connectivity index (χ4v) is 4.98. The van der Waals surface area contributed by atoms with Gasteiger partial charge in [-0.25, -0.2) is 21.9 Å². The van der Waals surface area contributed by atoms with Gasteiger partial charge < -0.3 is 10.0 Å². The summed E-state index contributed by atoms with van der Waals surface area (Å²) in [6.07, 6.45) is 0.390. The molecule has 1 aliphatic rings. The third-order valence-corrected chi connectivity index (χ3v) is 7.01. The normalized spacial score (nSPS) is 17.2. The lowest BCUT2D eigenvalue weighted by atomic mass is 9.92. The van der Waals surface area contributed by atoms with Crippen LogP contribution < -0.4 is 9.62 Å². The number of aliphatic hydroxyl groups excluding tert-OH is 1.